The molecule has 1 N–H and O–H groups in total. The van der Waals surface area contributed by atoms with Crippen molar-refractivity contribution in [2.45, 2.75) is 18.9 Å². The lowest BCUT2D eigenvalue weighted by atomic mass is 10.1. The molecule has 1 aromatic carbocycles. The molecule has 1 aromatic rings. The molecule has 0 spiro atoms. The summed E-state index contributed by atoms with van der Waals surface area (Å²) in [6, 6.07) is 5.93. The third kappa shape index (κ3) is 1.96. The molecule has 70 valence electrons. The van der Waals surface area contributed by atoms with Gasteiger partial charge in [0.05, 0.1) is 12.7 Å². The Hall–Kier alpha value is -0.290. The molecule has 0 fully saturated rings. The Morgan fingerprint density at radius 1 is 1.46 bits per heavy atom. The highest BCUT2D eigenvalue weighted by atomic mass is 127. The molecule has 0 amide bonds. The smallest absolute Gasteiger partial charge is 0.125 e. The normalized spacial score (nSPS) is 21.5. The lowest BCUT2D eigenvalue weighted by Gasteiger charge is -2.10. The van der Waals surface area contributed by atoms with Crippen LogP contribution in [0.2, 0.25) is 0 Å². The summed E-state index contributed by atoms with van der Waals surface area (Å²) < 4.78 is 6.65. The zero-order chi connectivity index (χ0) is 9.26. The van der Waals surface area contributed by atoms with Crippen molar-refractivity contribution in [2.75, 3.05) is 6.61 Å². The Labute approximate surface area is 91.1 Å². The summed E-state index contributed by atoms with van der Waals surface area (Å²) >= 11 is 2.24. The average Bonchev–Trinajstić information content (AvgIpc) is 2.29. The van der Waals surface area contributed by atoms with Crippen molar-refractivity contribution in [1.29, 1.82) is 0 Å². The molecular weight excluding hydrogens is 279 g/mol. The van der Waals surface area contributed by atoms with Crippen molar-refractivity contribution in [3.63, 3.8) is 0 Å². The van der Waals surface area contributed by atoms with Crippen LogP contribution in [0, 0.1) is 3.57 Å². The van der Waals surface area contributed by atoms with Gasteiger partial charge in [-0.2, -0.15) is 0 Å². The first-order valence-electron chi connectivity index (χ1n) is 4.37. The molecule has 0 radical (unpaired) electrons. The summed E-state index contributed by atoms with van der Waals surface area (Å²) in [4.78, 5) is 0. The molecule has 0 aromatic heterocycles. The maximum absolute atomic E-state index is 9.78. The van der Waals surface area contributed by atoms with Gasteiger partial charge in [0.1, 0.15) is 5.75 Å². The van der Waals surface area contributed by atoms with E-state index in [4.69, 9.17) is 4.74 Å². The second-order valence-corrected chi connectivity index (χ2v) is 4.43. The number of ether oxygens (including phenoxy) is 1. The Morgan fingerprint density at radius 3 is 3.15 bits per heavy atom. The Kier molecular flexibility index (Phi) is 2.74. The number of fused-ring (bicyclic) bond motifs is 1. The Bertz CT molecular complexity index is 312. The zero-order valence-corrected chi connectivity index (χ0v) is 9.32. The fourth-order valence-electron chi connectivity index (χ4n) is 1.53. The van der Waals surface area contributed by atoms with Crippen LogP contribution >= 0.6 is 22.6 Å². The minimum Gasteiger partial charge on any atom is -0.493 e. The molecule has 1 aliphatic heterocycles. The fourth-order valence-corrected chi connectivity index (χ4v) is 2.04. The molecule has 0 aliphatic carbocycles. The highest BCUT2D eigenvalue weighted by Crippen LogP contribution is 2.32. The number of rotatable bonds is 0. The summed E-state index contributed by atoms with van der Waals surface area (Å²) in [6.07, 6.45) is 1.37. The summed E-state index contributed by atoms with van der Waals surface area (Å²) in [7, 11) is 0. The number of hydrogen-bond donors (Lipinski definition) is 1. The number of aliphatic hydroxyl groups is 1. The summed E-state index contributed by atoms with van der Waals surface area (Å²) in [5, 5.41) is 9.78. The Balaban J connectivity index is 2.43. The van der Waals surface area contributed by atoms with E-state index < -0.39 is 0 Å². The first-order chi connectivity index (χ1) is 6.27. The lowest BCUT2D eigenvalue weighted by Crippen LogP contribution is -1.96. The minimum absolute atomic E-state index is 0.354. The SMILES string of the molecule is O[C@@H]1CCCOc2ccc(I)cc21. The van der Waals surface area contributed by atoms with Crippen LogP contribution < -0.4 is 4.74 Å². The molecule has 1 atom stereocenters. The van der Waals surface area contributed by atoms with Crippen molar-refractivity contribution >= 4 is 22.6 Å². The van der Waals surface area contributed by atoms with Crippen molar-refractivity contribution in [2.24, 2.45) is 0 Å². The van der Waals surface area contributed by atoms with E-state index in [0.717, 1.165) is 27.7 Å². The van der Waals surface area contributed by atoms with Gasteiger partial charge in [-0.3, -0.25) is 0 Å². The molecule has 13 heavy (non-hydrogen) atoms. The van der Waals surface area contributed by atoms with Crippen molar-refractivity contribution < 1.29 is 9.84 Å². The van der Waals surface area contributed by atoms with Gasteiger partial charge in [-0.15, -0.1) is 0 Å². The molecule has 1 heterocycles. The van der Waals surface area contributed by atoms with Gasteiger partial charge in [0.25, 0.3) is 0 Å². The fraction of sp³-hybridized carbons (Fsp3) is 0.400. The van der Waals surface area contributed by atoms with Gasteiger partial charge in [-0.25, -0.2) is 0 Å². The van der Waals surface area contributed by atoms with Gasteiger partial charge in [-0.05, 0) is 53.6 Å². The number of benzene rings is 1. The van der Waals surface area contributed by atoms with Gasteiger partial charge in [-0.1, -0.05) is 0 Å². The number of hydrogen-bond acceptors (Lipinski definition) is 2. The first kappa shape index (κ1) is 9.27. The van der Waals surface area contributed by atoms with Crippen LogP contribution in [0.15, 0.2) is 18.2 Å². The highest BCUT2D eigenvalue weighted by Gasteiger charge is 2.17. The van der Waals surface area contributed by atoms with Crippen LogP contribution in [0.3, 0.4) is 0 Å². The predicted molar refractivity (Wildman–Crippen MR) is 58.8 cm³/mol. The van der Waals surface area contributed by atoms with Gasteiger partial charge in [0.2, 0.25) is 0 Å². The van der Waals surface area contributed by atoms with Gasteiger partial charge in [0.15, 0.2) is 0 Å². The quantitative estimate of drug-likeness (QED) is 0.744. The third-order valence-electron chi connectivity index (χ3n) is 2.21. The topological polar surface area (TPSA) is 29.5 Å². The molecular formula is C10H11IO2. The van der Waals surface area contributed by atoms with E-state index in [-0.39, 0.29) is 6.10 Å². The lowest BCUT2D eigenvalue weighted by molar-refractivity contribution is 0.167. The van der Waals surface area contributed by atoms with Crippen LogP contribution in [-0.2, 0) is 0 Å². The molecule has 2 nitrogen and oxygen atoms in total. The van der Waals surface area contributed by atoms with E-state index in [2.05, 4.69) is 22.6 Å². The zero-order valence-electron chi connectivity index (χ0n) is 7.16. The van der Waals surface area contributed by atoms with E-state index in [0.29, 0.717) is 6.61 Å². The van der Waals surface area contributed by atoms with Crippen LogP contribution in [0.5, 0.6) is 5.75 Å². The van der Waals surface area contributed by atoms with E-state index in [1.807, 2.05) is 18.2 Å². The van der Waals surface area contributed by atoms with E-state index in [9.17, 15) is 5.11 Å². The van der Waals surface area contributed by atoms with Crippen LogP contribution in [-0.4, -0.2) is 11.7 Å². The number of halogens is 1. The molecule has 0 saturated heterocycles. The molecule has 0 saturated carbocycles. The van der Waals surface area contributed by atoms with Gasteiger partial charge >= 0.3 is 0 Å². The van der Waals surface area contributed by atoms with Crippen molar-refractivity contribution in [1.82, 2.24) is 0 Å². The predicted octanol–water partition coefficient (Wildman–Crippen LogP) is 2.50. The standard InChI is InChI=1S/C10H11IO2/c11-7-3-4-10-8(6-7)9(12)2-1-5-13-10/h3-4,6,9,12H,1-2,5H2/t9-/m1/s1. The summed E-state index contributed by atoms with van der Waals surface area (Å²) in [5.41, 5.74) is 0.935. The second-order valence-electron chi connectivity index (χ2n) is 3.19. The van der Waals surface area contributed by atoms with Crippen molar-refractivity contribution in [3.05, 3.63) is 27.3 Å². The first-order valence-corrected chi connectivity index (χ1v) is 5.45. The largest absolute Gasteiger partial charge is 0.493 e. The summed E-state index contributed by atoms with van der Waals surface area (Å²) in [5.74, 6) is 0.838. The molecule has 2 rings (SSSR count). The van der Waals surface area contributed by atoms with E-state index >= 15 is 0 Å². The maximum Gasteiger partial charge on any atom is 0.125 e. The maximum atomic E-state index is 9.78. The van der Waals surface area contributed by atoms with Crippen molar-refractivity contribution in [3.8, 4) is 5.75 Å². The number of aliphatic hydroxyl groups excluding tert-OH is 1. The molecule has 0 bridgehead atoms. The van der Waals surface area contributed by atoms with Gasteiger partial charge in [0, 0.05) is 9.13 Å². The molecule has 0 unspecified atom stereocenters. The van der Waals surface area contributed by atoms with Crippen LogP contribution in [0.25, 0.3) is 0 Å². The second kappa shape index (κ2) is 3.84. The monoisotopic (exact) mass is 290 g/mol. The van der Waals surface area contributed by atoms with E-state index in [1.54, 1.807) is 0 Å². The van der Waals surface area contributed by atoms with Gasteiger partial charge < -0.3 is 9.84 Å². The highest BCUT2D eigenvalue weighted by molar-refractivity contribution is 14.1. The Morgan fingerprint density at radius 2 is 2.31 bits per heavy atom. The molecule has 1 aliphatic rings. The van der Waals surface area contributed by atoms with Crippen LogP contribution in [0.1, 0.15) is 24.5 Å². The molecule has 3 heteroatoms. The third-order valence-corrected chi connectivity index (χ3v) is 2.88. The van der Waals surface area contributed by atoms with E-state index in [1.165, 1.54) is 0 Å². The average molecular weight is 290 g/mol. The summed E-state index contributed by atoms with van der Waals surface area (Å²) in [6.45, 7) is 0.713. The van der Waals surface area contributed by atoms with Crippen LogP contribution in [0.4, 0.5) is 0 Å². The minimum atomic E-state index is -0.354.